The molecular weight excluding hydrogens is 264 g/mol. The lowest BCUT2D eigenvalue weighted by molar-refractivity contribution is -0.154. The van der Waals surface area contributed by atoms with E-state index >= 15 is 0 Å². The Morgan fingerprint density at radius 1 is 1.35 bits per heavy atom. The second-order valence-corrected chi connectivity index (χ2v) is 5.40. The molecule has 0 radical (unpaired) electrons. The third-order valence-corrected chi connectivity index (χ3v) is 3.75. The lowest BCUT2D eigenvalue weighted by Crippen LogP contribution is -2.52. The van der Waals surface area contributed by atoms with E-state index in [2.05, 4.69) is 10.1 Å². The summed E-state index contributed by atoms with van der Waals surface area (Å²) in [5, 5.41) is 11.8. The van der Waals surface area contributed by atoms with Crippen molar-refractivity contribution in [2.24, 2.45) is 5.41 Å². The van der Waals surface area contributed by atoms with Crippen molar-refractivity contribution in [3.8, 4) is 0 Å². The fourth-order valence-electron chi connectivity index (χ4n) is 2.11. The fraction of sp³-hybridized carbons (Fsp3) is 0.769. The van der Waals surface area contributed by atoms with E-state index in [1.807, 2.05) is 0 Å². The standard InChI is InChI=1S/C13H22N2O5/c1-9(2)15(7-10(16)20-3)12(19)14-8-13(11(17)18)5-4-6-13/h9H,4-8H2,1-3H3,(H,14,19)(H,17,18). The largest absolute Gasteiger partial charge is 0.481 e. The molecule has 114 valence electrons. The summed E-state index contributed by atoms with van der Waals surface area (Å²) in [6.07, 6.45) is 2.00. The van der Waals surface area contributed by atoms with Gasteiger partial charge in [0.15, 0.2) is 0 Å². The van der Waals surface area contributed by atoms with E-state index in [9.17, 15) is 19.5 Å². The Labute approximate surface area is 118 Å². The van der Waals surface area contributed by atoms with Gasteiger partial charge in [-0.05, 0) is 26.7 Å². The van der Waals surface area contributed by atoms with Crippen LogP contribution in [0.4, 0.5) is 4.79 Å². The van der Waals surface area contributed by atoms with E-state index in [0.29, 0.717) is 12.8 Å². The summed E-state index contributed by atoms with van der Waals surface area (Å²) in [4.78, 5) is 35.9. The van der Waals surface area contributed by atoms with Crippen LogP contribution in [0.25, 0.3) is 0 Å². The maximum absolute atomic E-state index is 12.1. The predicted molar refractivity (Wildman–Crippen MR) is 71.2 cm³/mol. The van der Waals surface area contributed by atoms with Crippen LogP contribution in [-0.2, 0) is 14.3 Å². The summed E-state index contributed by atoms with van der Waals surface area (Å²) in [6, 6.07) is -0.630. The van der Waals surface area contributed by atoms with Crippen LogP contribution >= 0.6 is 0 Å². The van der Waals surface area contributed by atoms with Gasteiger partial charge in [0.05, 0.1) is 12.5 Å². The third kappa shape index (κ3) is 3.61. The predicted octanol–water partition coefficient (Wildman–Crippen LogP) is 0.834. The summed E-state index contributed by atoms with van der Waals surface area (Å²) in [6.45, 7) is 3.49. The number of carboxylic acid groups (broad SMARTS) is 1. The molecule has 1 rings (SSSR count). The number of carbonyl (C=O) groups is 3. The highest BCUT2D eigenvalue weighted by Crippen LogP contribution is 2.40. The van der Waals surface area contributed by atoms with Crippen molar-refractivity contribution >= 4 is 18.0 Å². The molecule has 1 aliphatic carbocycles. The van der Waals surface area contributed by atoms with Crippen molar-refractivity contribution in [2.75, 3.05) is 20.2 Å². The zero-order valence-electron chi connectivity index (χ0n) is 12.1. The molecule has 0 unspecified atom stereocenters. The Morgan fingerprint density at radius 3 is 2.30 bits per heavy atom. The van der Waals surface area contributed by atoms with Crippen LogP contribution < -0.4 is 5.32 Å². The number of carbonyl (C=O) groups excluding carboxylic acids is 2. The van der Waals surface area contributed by atoms with Gasteiger partial charge in [-0.3, -0.25) is 9.59 Å². The quantitative estimate of drug-likeness (QED) is 0.705. The van der Waals surface area contributed by atoms with Crippen molar-refractivity contribution < 1.29 is 24.2 Å². The van der Waals surface area contributed by atoms with E-state index < -0.39 is 23.4 Å². The molecule has 1 aliphatic rings. The first kappa shape index (κ1) is 16.3. The van der Waals surface area contributed by atoms with Crippen LogP contribution in [-0.4, -0.2) is 54.2 Å². The molecule has 2 amide bonds. The summed E-state index contributed by atoms with van der Waals surface area (Å²) in [7, 11) is 1.26. The van der Waals surface area contributed by atoms with Gasteiger partial charge in [0, 0.05) is 12.6 Å². The maximum atomic E-state index is 12.1. The van der Waals surface area contributed by atoms with Gasteiger partial charge in [-0.2, -0.15) is 0 Å². The number of nitrogens with one attached hydrogen (secondary N) is 1. The molecule has 2 N–H and O–H groups in total. The van der Waals surface area contributed by atoms with Crippen molar-refractivity contribution in [3.63, 3.8) is 0 Å². The summed E-state index contributed by atoms with van der Waals surface area (Å²) < 4.78 is 4.54. The van der Waals surface area contributed by atoms with Crippen LogP contribution in [0.5, 0.6) is 0 Å². The Kier molecular flexibility index (Phi) is 5.35. The van der Waals surface area contributed by atoms with E-state index in [1.54, 1.807) is 13.8 Å². The van der Waals surface area contributed by atoms with E-state index in [0.717, 1.165) is 6.42 Å². The molecule has 7 heteroatoms. The molecule has 0 atom stereocenters. The molecule has 0 aromatic carbocycles. The summed E-state index contributed by atoms with van der Waals surface area (Å²) in [5.41, 5.74) is -0.844. The number of amides is 2. The van der Waals surface area contributed by atoms with Gasteiger partial charge in [0.2, 0.25) is 0 Å². The highest BCUT2D eigenvalue weighted by molar-refractivity contribution is 5.82. The highest BCUT2D eigenvalue weighted by Gasteiger charge is 2.44. The van der Waals surface area contributed by atoms with Crippen LogP contribution in [0, 0.1) is 5.41 Å². The van der Waals surface area contributed by atoms with Crippen molar-refractivity contribution in [3.05, 3.63) is 0 Å². The Morgan fingerprint density at radius 2 is 1.95 bits per heavy atom. The number of esters is 1. The van der Waals surface area contributed by atoms with Gasteiger partial charge < -0.3 is 20.1 Å². The van der Waals surface area contributed by atoms with Gasteiger partial charge in [0.1, 0.15) is 6.54 Å². The number of hydrogen-bond donors (Lipinski definition) is 2. The average Bonchev–Trinajstić information content (AvgIpc) is 2.32. The van der Waals surface area contributed by atoms with Crippen molar-refractivity contribution in [1.29, 1.82) is 0 Å². The van der Waals surface area contributed by atoms with E-state index in [4.69, 9.17) is 0 Å². The van der Waals surface area contributed by atoms with Crippen LogP contribution in [0.15, 0.2) is 0 Å². The number of ether oxygens (including phenoxy) is 1. The Bertz CT molecular complexity index is 390. The van der Waals surface area contributed by atoms with E-state index in [1.165, 1.54) is 12.0 Å². The minimum atomic E-state index is -0.881. The normalized spacial score (nSPS) is 16.2. The SMILES string of the molecule is COC(=O)CN(C(=O)NCC1(C(=O)O)CCC1)C(C)C. The smallest absolute Gasteiger partial charge is 0.325 e. The van der Waals surface area contributed by atoms with Crippen LogP contribution in [0.3, 0.4) is 0 Å². The van der Waals surface area contributed by atoms with Gasteiger partial charge in [0.25, 0.3) is 0 Å². The molecule has 7 nitrogen and oxygen atoms in total. The zero-order chi connectivity index (χ0) is 15.3. The Hall–Kier alpha value is -1.79. The van der Waals surface area contributed by atoms with Gasteiger partial charge >= 0.3 is 18.0 Å². The topological polar surface area (TPSA) is 95.9 Å². The summed E-state index contributed by atoms with van der Waals surface area (Å²) in [5.74, 6) is -1.39. The van der Waals surface area contributed by atoms with Gasteiger partial charge in [-0.25, -0.2) is 4.79 Å². The van der Waals surface area contributed by atoms with E-state index in [-0.39, 0.29) is 19.1 Å². The number of hydrogen-bond acceptors (Lipinski definition) is 4. The first-order valence-electron chi connectivity index (χ1n) is 6.67. The molecule has 0 spiro atoms. The molecule has 1 saturated carbocycles. The molecule has 0 heterocycles. The monoisotopic (exact) mass is 286 g/mol. The molecule has 0 aromatic heterocycles. The summed E-state index contributed by atoms with van der Waals surface area (Å²) >= 11 is 0. The molecule has 1 fully saturated rings. The number of urea groups is 1. The molecular formula is C13H22N2O5. The van der Waals surface area contributed by atoms with Crippen LogP contribution in [0.1, 0.15) is 33.1 Å². The van der Waals surface area contributed by atoms with Gasteiger partial charge in [-0.15, -0.1) is 0 Å². The van der Waals surface area contributed by atoms with Crippen LogP contribution in [0.2, 0.25) is 0 Å². The average molecular weight is 286 g/mol. The number of nitrogens with zero attached hydrogens (tertiary/aromatic N) is 1. The van der Waals surface area contributed by atoms with Crippen molar-refractivity contribution in [2.45, 2.75) is 39.2 Å². The number of carboxylic acids is 1. The first-order chi connectivity index (χ1) is 9.32. The molecule has 0 saturated heterocycles. The first-order valence-corrected chi connectivity index (χ1v) is 6.67. The maximum Gasteiger partial charge on any atom is 0.325 e. The molecule has 0 bridgehead atoms. The number of aliphatic carboxylic acids is 1. The van der Waals surface area contributed by atoms with Gasteiger partial charge in [-0.1, -0.05) is 6.42 Å². The second-order valence-electron chi connectivity index (χ2n) is 5.40. The third-order valence-electron chi connectivity index (χ3n) is 3.75. The molecule has 20 heavy (non-hydrogen) atoms. The fourth-order valence-corrected chi connectivity index (χ4v) is 2.11. The minimum absolute atomic E-state index is 0.0888. The minimum Gasteiger partial charge on any atom is -0.481 e. The lowest BCUT2D eigenvalue weighted by Gasteiger charge is -2.38. The lowest BCUT2D eigenvalue weighted by atomic mass is 9.69. The highest BCUT2D eigenvalue weighted by atomic mass is 16.5. The zero-order valence-corrected chi connectivity index (χ0v) is 12.1. The Balaban J connectivity index is 2.58. The molecule has 0 aromatic rings. The number of rotatable bonds is 6. The molecule has 0 aliphatic heterocycles. The van der Waals surface area contributed by atoms with Crippen molar-refractivity contribution in [1.82, 2.24) is 10.2 Å². The second kappa shape index (κ2) is 6.58. The number of methoxy groups -OCH3 is 1.